The van der Waals surface area contributed by atoms with E-state index in [9.17, 15) is 9.90 Å². The van der Waals surface area contributed by atoms with E-state index in [1.54, 1.807) is 24.5 Å². The van der Waals surface area contributed by atoms with Crippen LogP contribution in [-0.4, -0.2) is 30.7 Å². The van der Waals surface area contributed by atoms with E-state index in [-0.39, 0.29) is 11.9 Å². The van der Waals surface area contributed by atoms with Crippen LogP contribution in [-0.2, 0) is 4.79 Å². The molecule has 0 spiro atoms. The second-order valence-corrected chi connectivity index (χ2v) is 6.15. The number of rotatable bonds is 8. The van der Waals surface area contributed by atoms with E-state index < -0.39 is 6.10 Å². The maximum atomic E-state index is 12.0. The third kappa shape index (κ3) is 5.67. The molecule has 1 aromatic carbocycles. The van der Waals surface area contributed by atoms with Crippen LogP contribution in [0.5, 0.6) is 5.75 Å². The Morgan fingerprint density at radius 3 is 2.91 bits per heavy atom. The first-order valence-electron chi connectivity index (χ1n) is 7.46. The van der Waals surface area contributed by atoms with E-state index in [4.69, 9.17) is 4.74 Å². The van der Waals surface area contributed by atoms with Crippen LogP contribution in [0, 0.1) is 0 Å². The van der Waals surface area contributed by atoms with Gasteiger partial charge in [0, 0.05) is 30.8 Å². The third-order valence-corrected chi connectivity index (χ3v) is 4.13. The standard InChI is InChI=1S/C17H22N2O3S/c1-12(18-10-16(20)13-6-7-23-11-13)8-17(21)19-14-4-3-5-15(9-14)22-2/h3-7,9,11-12,16,18,20H,8,10H2,1-2H3,(H,19,21). The minimum atomic E-state index is -0.551. The van der Waals surface area contributed by atoms with Gasteiger partial charge in [-0.1, -0.05) is 6.07 Å². The number of hydrogen-bond acceptors (Lipinski definition) is 5. The number of methoxy groups -OCH3 is 1. The van der Waals surface area contributed by atoms with Gasteiger partial charge in [-0.25, -0.2) is 0 Å². The Labute approximate surface area is 140 Å². The van der Waals surface area contributed by atoms with Crippen LogP contribution in [0.2, 0.25) is 0 Å². The summed E-state index contributed by atoms with van der Waals surface area (Å²) >= 11 is 1.55. The summed E-state index contributed by atoms with van der Waals surface area (Å²) in [4.78, 5) is 12.0. The summed E-state index contributed by atoms with van der Waals surface area (Å²) in [5.74, 6) is 0.621. The molecule has 2 rings (SSSR count). The Kier molecular flexibility index (Phi) is 6.58. The molecule has 0 saturated heterocycles. The van der Waals surface area contributed by atoms with Gasteiger partial charge in [-0.2, -0.15) is 11.3 Å². The van der Waals surface area contributed by atoms with Gasteiger partial charge in [0.25, 0.3) is 0 Å². The normalized spacial score (nSPS) is 13.3. The molecule has 0 saturated carbocycles. The van der Waals surface area contributed by atoms with Gasteiger partial charge < -0.3 is 20.5 Å². The summed E-state index contributed by atoms with van der Waals surface area (Å²) in [5, 5.41) is 19.9. The molecule has 2 aromatic rings. The van der Waals surface area contributed by atoms with Crippen molar-refractivity contribution in [3.8, 4) is 5.75 Å². The van der Waals surface area contributed by atoms with E-state index in [0.717, 1.165) is 5.56 Å². The highest BCUT2D eigenvalue weighted by Gasteiger charge is 2.13. The molecule has 1 amide bonds. The van der Waals surface area contributed by atoms with Crippen LogP contribution in [0.3, 0.4) is 0 Å². The molecule has 1 aromatic heterocycles. The predicted octanol–water partition coefficient (Wildman–Crippen LogP) is 2.80. The predicted molar refractivity (Wildman–Crippen MR) is 93.0 cm³/mol. The number of carbonyl (C=O) groups is 1. The molecule has 0 fully saturated rings. The van der Waals surface area contributed by atoms with Crippen molar-refractivity contribution in [3.63, 3.8) is 0 Å². The molecule has 1 heterocycles. The van der Waals surface area contributed by atoms with Crippen LogP contribution < -0.4 is 15.4 Å². The van der Waals surface area contributed by atoms with Crippen molar-refractivity contribution in [2.75, 3.05) is 19.0 Å². The van der Waals surface area contributed by atoms with E-state index in [2.05, 4.69) is 10.6 Å². The summed E-state index contributed by atoms with van der Waals surface area (Å²) in [6.07, 6.45) is -0.224. The van der Waals surface area contributed by atoms with Gasteiger partial charge in [-0.15, -0.1) is 0 Å². The summed E-state index contributed by atoms with van der Waals surface area (Å²) in [7, 11) is 1.59. The lowest BCUT2D eigenvalue weighted by Crippen LogP contribution is -2.33. The lowest BCUT2D eigenvalue weighted by Gasteiger charge is -2.16. The van der Waals surface area contributed by atoms with Gasteiger partial charge in [0.1, 0.15) is 5.75 Å². The number of carbonyl (C=O) groups excluding carboxylic acids is 1. The molecule has 0 bridgehead atoms. The van der Waals surface area contributed by atoms with Gasteiger partial charge in [-0.3, -0.25) is 4.79 Å². The topological polar surface area (TPSA) is 70.6 Å². The highest BCUT2D eigenvalue weighted by Crippen LogP contribution is 2.17. The number of aliphatic hydroxyl groups excluding tert-OH is 1. The van der Waals surface area contributed by atoms with Gasteiger partial charge in [0.15, 0.2) is 0 Å². The number of amides is 1. The quantitative estimate of drug-likeness (QED) is 0.694. The minimum absolute atomic E-state index is 0.0334. The molecule has 124 valence electrons. The van der Waals surface area contributed by atoms with Crippen molar-refractivity contribution in [3.05, 3.63) is 46.7 Å². The smallest absolute Gasteiger partial charge is 0.225 e. The second kappa shape index (κ2) is 8.67. The average Bonchev–Trinajstić information content (AvgIpc) is 3.07. The summed E-state index contributed by atoms with van der Waals surface area (Å²) in [5.41, 5.74) is 1.61. The number of ether oxygens (including phenoxy) is 1. The van der Waals surface area contributed by atoms with Crippen LogP contribution in [0.1, 0.15) is 25.0 Å². The van der Waals surface area contributed by atoms with E-state index in [0.29, 0.717) is 24.4 Å². The van der Waals surface area contributed by atoms with Crippen LogP contribution in [0.15, 0.2) is 41.1 Å². The molecule has 0 aliphatic carbocycles. The van der Waals surface area contributed by atoms with Crippen LogP contribution >= 0.6 is 11.3 Å². The lowest BCUT2D eigenvalue weighted by atomic mass is 10.1. The first-order valence-corrected chi connectivity index (χ1v) is 8.40. The van der Waals surface area contributed by atoms with Gasteiger partial charge in [0.2, 0.25) is 5.91 Å². The number of hydrogen-bond donors (Lipinski definition) is 3. The van der Waals surface area contributed by atoms with Gasteiger partial charge >= 0.3 is 0 Å². The highest BCUT2D eigenvalue weighted by atomic mass is 32.1. The first kappa shape index (κ1) is 17.5. The van der Waals surface area contributed by atoms with Crippen molar-refractivity contribution in [2.24, 2.45) is 0 Å². The molecule has 0 radical (unpaired) electrons. The van der Waals surface area contributed by atoms with Crippen LogP contribution in [0.25, 0.3) is 0 Å². The maximum Gasteiger partial charge on any atom is 0.225 e. The fraction of sp³-hybridized carbons (Fsp3) is 0.353. The third-order valence-electron chi connectivity index (χ3n) is 3.43. The Morgan fingerprint density at radius 1 is 1.39 bits per heavy atom. The van der Waals surface area contributed by atoms with E-state index >= 15 is 0 Å². The molecular formula is C17H22N2O3S. The first-order chi connectivity index (χ1) is 11.1. The van der Waals surface area contributed by atoms with Crippen molar-refractivity contribution in [1.29, 1.82) is 0 Å². The van der Waals surface area contributed by atoms with Crippen molar-refractivity contribution >= 4 is 22.9 Å². The zero-order chi connectivity index (χ0) is 16.7. The number of nitrogens with one attached hydrogen (secondary N) is 2. The fourth-order valence-electron chi connectivity index (χ4n) is 2.16. The molecule has 0 aliphatic heterocycles. The number of thiophene rings is 1. The largest absolute Gasteiger partial charge is 0.497 e. The zero-order valence-electron chi connectivity index (χ0n) is 13.3. The van der Waals surface area contributed by atoms with E-state index in [1.165, 1.54) is 0 Å². The molecule has 6 heteroatoms. The summed E-state index contributed by atoms with van der Waals surface area (Å²) in [6, 6.07) is 9.11. The van der Waals surface area contributed by atoms with E-state index in [1.807, 2.05) is 41.9 Å². The molecule has 3 N–H and O–H groups in total. The molecule has 0 aliphatic rings. The molecule has 2 unspecified atom stereocenters. The Hall–Kier alpha value is -1.89. The van der Waals surface area contributed by atoms with Crippen LogP contribution in [0.4, 0.5) is 5.69 Å². The molecule has 5 nitrogen and oxygen atoms in total. The fourth-order valence-corrected chi connectivity index (χ4v) is 2.87. The zero-order valence-corrected chi connectivity index (χ0v) is 14.1. The molecular weight excluding hydrogens is 312 g/mol. The van der Waals surface area contributed by atoms with Crippen molar-refractivity contribution in [2.45, 2.75) is 25.5 Å². The summed E-state index contributed by atoms with van der Waals surface area (Å²) < 4.78 is 5.13. The molecule has 2 atom stereocenters. The summed E-state index contributed by atoms with van der Waals surface area (Å²) in [6.45, 7) is 2.34. The minimum Gasteiger partial charge on any atom is -0.497 e. The average molecular weight is 334 g/mol. The highest BCUT2D eigenvalue weighted by molar-refractivity contribution is 7.07. The van der Waals surface area contributed by atoms with Gasteiger partial charge in [0.05, 0.1) is 13.2 Å². The maximum absolute atomic E-state index is 12.0. The lowest BCUT2D eigenvalue weighted by molar-refractivity contribution is -0.116. The number of aliphatic hydroxyl groups is 1. The van der Waals surface area contributed by atoms with Crippen molar-refractivity contribution in [1.82, 2.24) is 5.32 Å². The second-order valence-electron chi connectivity index (χ2n) is 5.37. The SMILES string of the molecule is COc1cccc(NC(=O)CC(C)NCC(O)c2ccsc2)c1. The number of benzene rings is 1. The Bertz CT molecular complexity index is 616. The monoisotopic (exact) mass is 334 g/mol. The Balaban J connectivity index is 1.75. The van der Waals surface area contributed by atoms with Crippen molar-refractivity contribution < 1.29 is 14.6 Å². The molecule has 23 heavy (non-hydrogen) atoms. The van der Waals surface area contributed by atoms with Gasteiger partial charge in [-0.05, 0) is 41.4 Å². The Morgan fingerprint density at radius 2 is 2.22 bits per heavy atom. The number of anilines is 1.